The summed E-state index contributed by atoms with van der Waals surface area (Å²) >= 11 is 0. The SMILES string of the molecule is COC(=O)[C@@H]1Cc2ncn(C(C)C)c2CN1C(=O)Cc1ccccc1. The highest BCUT2D eigenvalue weighted by molar-refractivity contribution is 5.86. The molecule has 1 amide bonds. The van der Waals surface area contributed by atoms with Crippen LogP contribution in [0.5, 0.6) is 0 Å². The molecule has 3 rings (SSSR count). The molecule has 1 aliphatic rings. The van der Waals surface area contributed by atoms with Crippen LogP contribution in [0.4, 0.5) is 0 Å². The minimum absolute atomic E-state index is 0.0799. The molecule has 0 fully saturated rings. The van der Waals surface area contributed by atoms with Crippen LogP contribution in [0, 0.1) is 0 Å². The van der Waals surface area contributed by atoms with Gasteiger partial charge in [-0.15, -0.1) is 0 Å². The van der Waals surface area contributed by atoms with Crippen LogP contribution in [0.15, 0.2) is 36.7 Å². The zero-order valence-electron chi connectivity index (χ0n) is 14.8. The number of hydrogen-bond donors (Lipinski definition) is 0. The maximum atomic E-state index is 12.9. The number of carbonyl (C=O) groups excluding carboxylic acids is 2. The van der Waals surface area contributed by atoms with Crippen LogP contribution < -0.4 is 0 Å². The fraction of sp³-hybridized carbons (Fsp3) is 0.421. The number of ether oxygens (including phenoxy) is 1. The van der Waals surface area contributed by atoms with Crippen LogP contribution in [-0.4, -0.2) is 39.5 Å². The van der Waals surface area contributed by atoms with Crippen molar-refractivity contribution in [3.8, 4) is 0 Å². The van der Waals surface area contributed by atoms with Crippen molar-refractivity contribution in [3.05, 3.63) is 53.6 Å². The standard InChI is InChI=1S/C19H23N3O3/c1-13(2)22-12-20-15-10-16(19(24)25-3)21(11-17(15)22)18(23)9-14-7-5-4-6-8-14/h4-8,12-13,16H,9-11H2,1-3H3/t16-/m0/s1. The number of esters is 1. The zero-order valence-corrected chi connectivity index (χ0v) is 14.8. The first-order valence-electron chi connectivity index (χ1n) is 8.47. The first-order chi connectivity index (χ1) is 12.0. The van der Waals surface area contributed by atoms with Gasteiger partial charge in [-0.2, -0.15) is 0 Å². The summed E-state index contributed by atoms with van der Waals surface area (Å²) in [7, 11) is 1.35. The van der Waals surface area contributed by atoms with Gasteiger partial charge in [-0.25, -0.2) is 9.78 Å². The molecule has 2 aromatic rings. The molecule has 0 bridgehead atoms. The molecule has 0 saturated carbocycles. The van der Waals surface area contributed by atoms with Crippen LogP contribution in [0.1, 0.15) is 36.8 Å². The number of fused-ring (bicyclic) bond motifs is 1. The molecule has 0 aliphatic carbocycles. The van der Waals surface area contributed by atoms with E-state index in [1.165, 1.54) is 7.11 Å². The number of nitrogens with zero attached hydrogens (tertiary/aromatic N) is 3. The molecule has 1 aromatic heterocycles. The van der Waals surface area contributed by atoms with E-state index in [0.29, 0.717) is 13.0 Å². The van der Waals surface area contributed by atoms with Crippen LogP contribution in [0.2, 0.25) is 0 Å². The largest absolute Gasteiger partial charge is 0.467 e. The Morgan fingerprint density at radius 2 is 2.00 bits per heavy atom. The number of methoxy groups -OCH3 is 1. The van der Waals surface area contributed by atoms with Gasteiger partial charge in [0.1, 0.15) is 6.04 Å². The van der Waals surface area contributed by atoms with Gasteiger partial charge >= 0.3 is 5.97 Å². The number of rotatable bonds is 4. The molecular formula is C19H23N3O3. The smallest absolute Gasteiger partial charge is 0.329 e. The molecule has 1 aromatic carbocycles. The van der Waals surface area contributed by atoms with Gasteiger partial charge in [0.25, 0.3) is 0 Å². The minimum Gasteiger partial charge on any atom is -0.467 e. The predicted molar refractivity (Wildman–Crippen MR) is 92.8 cm³/mol. The summed E-state index contributed by atoms with van der Waals surface area (Å²) in [5, 5.41) is 0. The van der Waals surface area contributed by atoms with Crippen molar-refractivity contribution in [1.29, 1.82) is 0 Å². The zero-order chi connectivity index (χ0) is 18.0. The highest BCUT2D eigenvalue weighted by Gasteiger charge is 2.37. The third-order valence-corrected chi connectivity index (χ3v) is 4.61. The summed E-state index contributed by atoms with van der Waals surface area (Å²) in [5.41, 5.74) is 2.80. The number of hydrogen-bond acceptors (Lipinski definition) is 4. The van der Waals surface area contributed by atoms with Gasteiger partial charge in [0.15, 0.2) is 0 Å². The first-order valence-corrected chi connectivity index (χ1v) is 8.47. The van der Waals surface area contributed by atoms with E-state index in [4.69, 9.17) is 4.74 Å². The highest BCUT2D eigenvalue weighted by atomic mass is 16.5. The molecule has 0 radical (unpaired) electrons. The molecule has 132 valence electrons. The second kappa shape index (κ2) is 7.09. The number of imidazole rings is 1. The normalized spacial score (nSPS) is 16.6. The molecule has 0 N–H and O–H groups in total. The van der Waals surface area contributed by atoms with Gasteiger partial charge in [0.05, 0.1) is 37.8 Å². The van der Waals surface area contributed by atoms with Gasteiger partial charge in [0.2, 0.25) is 5.91 Å². The third-order valence-electron chi connectivity index (χ3n) is 4.61. The Morgan fingerprint density at radius 1 is 1.28 bits per heavy atom. The minimum atomic E-state index is -0.621. The van der Waals surface area contributed by atoms with E-state index >= 15 is 0 Å². The molecule has 0 spiro atoms. The maximum absolute atomic E-state index is 12.9. The number of benzene rings is 1. The van der Waals surface area contributed by atoms with E-state index in [1.54, 1.807) is 11.2 Å². The summed E-state index contributed by atoms with van der Waals surface area (Å²) in [4.78, 5) is 31.2. The van der Waals surface area contributed by atoms with Gasteiger partial charge in [-0.3, -0.25) is 4.79 Å². The monoisotopic (exact) mass is 341 g/mol. The Kier molecular flexibility index (Phi) is 4.88. The summed E-state index contributed by atoms with van der Waals surface area (Å²) < 4.78 is 6.98. The van der Waals surface area contributed by atoms with Crippen molar-refractivity contribution in [2.24, 2.45) is 0 Å². The Balaban J connectivity index is 1.89. The molecule has 1 aliphatic heterocycles. The van der Waals surface area contributed by atoms with E-state index in [9.17, 15) is 9.59 Å². The van der Waals surface area contributed by atoms with E-state index in [-0.39, 0.29) is 18.4 Å². The Bertz CT molecular complexity index is 767. The lowest BCUT2D eigenvalue weighted by atomic mass is 10.0. The van der Waals surface area contributed by atoms with Crippen molar-refractivity contribution in [3.63, 3.8) is 0 Å². The summed E-state index contributed by atoms with van der Waals surface area (Å²) in [6.45, 7) is 4.52. The lowest BCUT2D eigenvalue weighted by molar-refractivity contribution is -0.153. The van der Waals surface area contributed by atoms with E-state index in [1.807, 2.05) is 30.3 Å². The fourth-order valence-electron chi connectivity index (χ4n) is 3.26. The molecule has 1 atom stereocenters. The average molecular weight is 341 g/mol. The molecule has 0 unspecified atom stereocenters. The summed E-state index contributed by atoms with van der Waals surface area (Å²) in [6, 6.07) is 9.18. The van der Waals surface area contributed by atoms with Crippen LogP contribution in [-0.2, 0) is 33.7 Å². The van der Waals surface area contributed by atoms with Crippen molar-refractivity contribution < 1.29 is 14.3 Å². The Morgan fingerprint density at radius 3 is 2.64 bits per heavy atom. The molecule has 0 saturated heterocycles. The highest BCUT2D eigenvalue weighted by Crippen LogP contribution is 2.26. The Labute approximate surface area is 147 Å². The van der Waals surface area contributed by atoms with Crippen LogP contribution >= 0.6 is 0 Å². The summed E-state index contributed by atoms with van der Waals surface area (Å²) in [5.74, 6) is -0.477. The topological polar surface area (TPSA) is 64.4 Å². The van der Waals surface area contributed by atoms with Gasteiger partial charge in [-0.05, 0) is 19.4 Å². The second-order valence-electron chi connectivity index (χ2n) is 6.57. The van der Waals surface area contributed by atoms with Crippen molar-refractivity contribution in [2.45, 2.75) is 45.3 Å². The third kappa shape index (κ3) is 3.43. The van der Waals surface area contributed by atoms with Crippen molar-refractivity contribution in [1.82, 2.24) is 14.5 Å². The quantitative estimate of drug-likeness (QED) is 0.799. The lowest BCUT2D eigenvalue weighted by Crippen LogP contribution is -2.50. The number of carbonyl (C=O) groups is 2. The van der Waals surface area contributed by atoms with E-state index < -0.39 is 12.0 Å². The summed E-state index contributed by atoms with van der Waals surface area (Å²) in [6.07, 6.45) is 2.44. The van der Waals surface area contributed by atoms with Crippen LogP contribution in [0.3, 0.4) is 0 Å². The predicted octanol–water partition coefficient (Wildman–Crippen LogP) is 2.13. The second-order valence-corrected chi connectivity index (χ2v) is 6.57. The fourth-order valence-corrected chi connectivity index (χ4v) is 3.26. The van der Waals surface area contributed by atoms with E-state index in [2.05, 4.69) is 23.4 Å². The van der Waals surface area contributed by atoms with Gasteiger partial charge < -0.3 is 14.2 Å². The average Bonchev–Trinajstić information content (AvgIpc) is 3.04. The van der Waals surface area contributed by atoms with Crippen molar-refractivity contribution >= 4 is 11.9 Å². The molecule has 25 heavy (non-hydrogen) atoms. The number of amides is 1. The van der Waals surface area contributed by atoms with Gasteiger partial charge in [0, 0.05) is 12.5 Å². The van der Waals surface area contributed by atoms with E-state index in [0.717, 1.165) is 17.0 Å². The van der Waals surface area contributed by atoms with Crippen molar-refractivity contribution in [2.75, 3.05) is 7.11 Å². The molecular weight excluding hydrogens is 318 g/mol. The number of aromatic nitrogens is 2. The Hall–Kier alpha value is -2.63. The first kappa shape index (κ1) is 17.2. The maximum Gasteiger partial charge on any atom is 0.329 e. The van der Waals surface area contributed by atoms with Crippen LogP contribution in [0.25, 0.3) is 0 Å². The molecule has 6 heteroatoms. The molecule has 2 heterocycles. The van der Waals surface area contributed by atoms with Gasteiger partial charge in [-0.1, -0.05) is 30.3 Å². The molecule has 6 nitrogen and oxygen atoms in total. The lowest BCUT2D eigenvalue weighted by Gasteiger charge is -2.34.